The first-order valence-electron chi connectivity index (χ1n) is 5.94. The van der Waals surface area contributed by atoms with E-state index in [0.29, 0.717) is 12.1 Å². The fourth-order valence-electron chi connectivity index (χ4n) is 1.96. The number of aryl methyl sites for hydroxylation is 1. The van der Waals surface area contributed by atoms with Crippen LogP contribution < -0.4 is 5.32 Å². The summed E-state index contributed by atoms with van der Waals surface area (Å²) in [5.74, 6) is -0.224. The third-order valence-electron chi connectivity index (χ3n) is 3.07. The quantitative estimate of drug-likeness (QED) is 0.840. The summed E-state index contributed by atoms with van der Waals surface area (Å²) in [7, 11) is 0. The summed E-state index contributed by atoms with van der Waals surface area (Å²) in [6.07, 6.45) is 2.15. The van der Waals surface area contributed by atoms with Gasteiger partial charge < -0.3 is 10.2 Å². The first kappa shape index (κ1) is 11.9. The second-order valence-electron chi connectivity index (χ2n) is 4.44. The van der Waals surface area contributed by atoms with Crippen LogP contribution in [0.3, 0.4) is 0 Å². The van der Waals surface area contributed by atoms with Gasteiger partial charge in [-0.25, -0.2) is 9.18 Å². The fraction of sp³-hybridized carbons (Fsp3) is 0.462. The van der Waals surface area contributed by atoms with E-state index in [-0.39, 0.29) is 11.8 Å². The highest BCUT2D eigenvalue weighted by molar-refractivity contribution is 5.74. The van der Waals surface area contributed by atoms with Gasteiger partial charge in [0.05, 0.1) is 0 Å². The highest BCUT2D eigenvalue weighted by Gasteiger charge is 2.17. The van der Waals surface area contributed by atoms with E-state index in [4.69, 9.17) is 0 Å². The van der Waals surface area contributed by atoms with Crippen molar-refractivity contribution in [1.82, 2.24) is 10.2 Å². The van der Waals surface area contributed by atoms with Crippen molar-refractivity contribution in [1.29, 1.82) is 0 Å². The maximum Gasteiger partial charge on any atom is 0.317 e. The minimum Gasteiger partial charge on any atom is -0.334 e. The summed E-state index contributed by atoms with van der Waals surface area (Å²) < 4.78 is 13.3. The van der Waals surface area contributed by atoms with Gasteiger partial charge in [-0.1, -0.05) is 12.1 Å². The fourth-order valence-corrected chi connectivity index (χ4v) is 1.96. The lowest BCUT2D eigenvalue weighted by molar-refractivity contribution is 0.208. The van der Waals surface area contributed by atoms with Crippen LogP contribution in [0.25, 0.3) is 0 Å². The van der Waals surface area contributed by atoms with Gasteiger partial charge in [0.2, 0.25) is 0 Å². The number of likely N-dealkylation sites (tertiary alicyclic amines) is 1. The number of carbonyl (C=O) groups is 1. The normalized spacial score (nSPS) is 15.1. The van der Waals surface area contributed by atoms with E-state index in [1.807, 2.05) is 6.07 Å². The molecule has 4 heteroatoms. The summed E-state index contributed by atoms with van der Waals surface area (Å²) in [6.45, 7) is 3.76. The van der Waals surface area contributed by atoms with E-state index in [1.54, 1.807) is 17.9 Å². The van der Waals surface area contributed by atoms with Crippen LogP contribution in [-0.4, -0.2) is 24.0 Å². The molecule has 3 nitrogen and oxygen atoms in total. The van der Waals surface area contributed by atoms with Gasteiger partial charge in [-0.2, -0.15) is 0 Å². The summed E-state index contributed by atoms with van der Waals surface area (Å²) in [5.41, 5.74) is 1.42. The van der Waals surface area contributed by atoms with Gasteiger partial charge in [-0.15, -0.1) is 0 Å². The first-order valence-corrected chi connectivity index (χ1v) is 5.94. The molecule has 92 valence electrons. The molecule has 0 saturated carbocycles. The number of hydrogen-bond acceptors (Lipinski definition) is 1. The van der Waals surface area contributed by atoms with Crippen LogP contribution in [0.1, 0.15) is 24.0 Å². The lowest BCUT2D eigenvalue weighted by Gasteiger charge is -2.16. The molecule has 0 unspecified atom stereocenters. The smallest absolute Gasteiger partial charge is 0.317 e. The molecule has 1 aromatic carbocycles. The Balaban J connectivity index is 1.88. The van der Waals surface area contributed by atoms with E-state index in [9.17, 15) is 9.18 Å². The zero-order valence-corrected chi connectivity index (χ0v) is 10.0. The van der Waals surface area contributed by atoms with Gasteiger partial charge >= 0.3 is 6.03 Å². The third kappa shape index (κ3) is 2.96. The van der Waals surface area contributed by atoms with Crippen LogP contribution in [0.2, 0.25) is 0 Å². The molecule has 2 rings (SSSR count). The lowest BCUT2D eigenvalue weighted by atomic mass is 10.1. The van der Waals surface area contributed by atoms with Crippen molar-refractivity contribution in [2.24, 2.45) is 0 Å². The molecule has 1 saturated heterocycles. The molecule has 1 aromatic rings. The van der Waals surface area contributed by atoms with Gasteiger partial charge in [0.15, 0.2) is 0 Å². The van der Waals surface area contributed by atoms with E-state index >= 15 is 0 Å². The Kier molecular flexibility index (Phi) is 3.61. The van der Waals surface area contributed by atoms with Crippen LogP contribution in [0, 0.1) is 12.7 Å². The second kappa shape index (κ2) is 5.17. The van der Waals surface area contributed by atoms with Gasteiger partial charge in [0.1, 0.15) is 5.82 Å². The van der Waals surface area contributed by atoms with E-state index in [1.165, 1.54) is 6.07 Å². The first-order chi connectivity index (χ1) is 8.16. The summed E-state index contributed by atoms with van der Waals surface area (Å²) in [6, 6.07) is 4.98. The molecular formula is C13H17FN2O. The highest BCUT2D eigenvalue weighted by Crippen LogP contribution is 2.10. The number of carbonyl (C=O) groups excluding carboxylic acids is 1. The van der Waals surface area contributed by atoms with Crippen molar-refractivity contribution in [3.8, 4) is 0 Å². The Morgan fingerprint density at radius 1 is 1.41 bits per heavy atom. The number of nitrogens with zero attached hydrogens (tertiary/aromatic N) is 1. The van der Waals surface area contributed by atoms with Crippen molar-refractivity contribution >= 4 is 6.03 Å². The SMILES string of the molecule is Cc1ccc(CNC(=O)N2CCCC2)cc1F. The summed E-state index contributed by atoms with van der Waals surface area (Å²) >= 11 is 0. The van der Waals surface area contributed by atoms with E-state index in [0.717, 1.165) is 31.5 Å². The van der Waals surface area contributed by atoms with Crippen LogP contribution in [0.15, 0.2) is 18.2 Å². The molecule has 0 aliphatic carbocycles. The minimum absolute atomic E-state index is 0.0523. The van der Waals surface area contributed by atoms with Gasteiger partial charge in [-0.3, -0.25) is 0 Å². The number of nitrogens with one attached hydrogen (secondary N) is 1. The maximum atomic E-state index is 13.3. The Morgan fingerprint density at radius 3 is 2.76 bits per heavy atom. The number of rotatable bonds is 2. The standard InChI is InChI=1S/C13H17FN2O/c1-10-4-5-11(8-12(10)14)9-15-13(17)16-6-2-3-7-16/h4-5,8H,2-3,6-7,9H2,1H3,(H,15,17). The Hall–Kier alpha value is -1.58. The highest BCUT2D eigenvalue weighted by atomic mass is 19.1. The predicted octanol–water partition coefficient (Wildman–Crippen LogP) is 2.44. The molecule has 1 aliphatic heterocycles. The third-order valence-corrected chi connectivity index (χ3v) is 3.07. The predicted molar refractivity (Wildman–Crippen MR) is 64.2 cm³/mol. The molecule has 0 aromatic heterocycles. The number of amides is 2. The Morgan fingerprint density at radius 2 is 2.12 bits per heavy atom. The average molecular weight is 236 g/mol. The summed E-state index contributed by atoms with van der Waals surface area (Å²) in [5, 5.41) is 2.81. The van der Waals surface area contributed by atoms with E-state index < -0.39 is 0 Å². The Bertz CT molecular complexity index is 414. The number of urea groups is 1. The molecule has 1 N–H and O–H groups in total. The molecule has 1 aliphatic rings. The van der Waals surface area contributed by atoms with Crippen LogP contribution >= 0.6 is 0 Å². The molecule has 17 heavy (non-hydrogen) atoms. The van der Waals surface area contributed by atoms with Crippen molar-refractivity contribution < 1.29 is 9.18 Å². The number of benzene rings is 1. The van der Waals surface area contributed by atoms with Crippen molar-refractivity contribution in [2.45, 2.75) is 26.3 Å². The van der Waals surface area contributed by atoms with Gasteiger partial charge in [0.25, 0.3) is 0 Å². The zero-order valence-electron chi connectivity index (χ0n) is 10.0. The minimum atomic E-state index is -0.224. The molecule has 2 amide bonds. The zero-order chi connectivity index (χ0) is 12.3. The van der Waals surface area contributed by atoms with Crippen molar-refractivity contribution in [3.05, 3.63) is 35.1 Å². The topological polar surface area (TPSA) is 32.3 Å². The van der Waals surface area contributed by atoms with Crippen molar-refractivity contribution in [3.63, 3.8) is 0 Å². The molecule has 1 fully saturated rings. The molecule has 1 heterocycles. The maximum absolute atomic E-state index is 13.3. The van der Waals surface area contributed by atoms with Crippen LogP contribution in [0.4, 0.5) is 9.18 Å². The van der Waals surface area contributed by atoms with Gasteiger partial charge in [0, 0.05) is 19.6 Å². The second-order valence-corrected chi connectivity index (χ2v) is 4.44. The summed E-state index contributed by atoms with van der Waals surface area (Å²) in [4.78, 5) is 13.5. The van der Waals surface area contributed by atoms with Crippen LogP contribution in [0.5, 0.6) is 0 Å². The van der Waals surface area contributed by atoms with Gasteiger partial charge in [-0.05, 0) is 37.0 Å². The monoisotopic (exact) mass is 236 g/mol. The van der Waals surface area contributed by atoms with E-state index in [2.05, 4.69) is 5.32 Å². The van der Waals surface area contributed by atoms with Crippen molar-refractivity contribution in [2.75, 3.05) is 13.1 Å². The largest absolute Gasteiger partial charge is 0.334 e. The number of halogens is 1. The number of hydrogen-bond donors (Lipinski definition) is 1. The molecule has 0 radical (unpaired) electrons. The molecule has 0 atom stereocenters. The molecule has 0 spiro atoms. The lowest BCUT2D eigenvalue weighted by Crippen LogP contribution is -2.37. The molecular weight excluding hydrogens is 219 g/mol. The van der Waals surface area contributed by atoms with Crippen LogP contribution in [-0.2, 0) is 6.54 Å². The average Bonchev–Trinajstić information content (AvgIpc) is 2.84. The Labute approximate surface area is 101 Å². The molecule has 0 bridgehead atoms.